The Morgan fingerprint density at radius 3 is 2.62 bits per heavy atom. The van der Waals surface area contributed by atoms with E-state index in [0.717, 1.165) is 0 Å². The van der Waals surface area contributed by atoms with Crippen LogP contribution in [0.4, 0.5) is 11.5 Å². The van der Waals surface area contributed by atoms with E-state index in [4.69, 9.17) is 4.74 Å². The van der Waals surface area contributed by atoms with Gasteiger partial charge in [-0.05, 0) is 19.8 Å². The lowest BCUT2D eigenvalue weighted by atomic mass is 9.82. The van der Waals surface area contributed by atoms with Gasteiger partial charge in [0, 0.05) is 60.9 Å². The normalized spacial score (nSPS) is 16.3. The zero-order valence-electron chi connectivity index (χ0n) is 16.4. The molecule has 156 valence electrons. The minimum absolute atomic E-state index is 0.0311. The summed E-state index contributed by atoms with van der Waals surface area (Å²) in [7, 11) is -3.15. The number of aromatic nitrogens is 2. The lowest BCUT2D eigenvalue weighted by molar-refractivity contribution is -0.384. The van der Waals surface area contributed by atoms with Crippen molar-refractivity contribution in [1.29, 1.82) is 0 Å². The summed E-state index contributed by atoms with van der Waals surface area (Å²) >= 11 is 0. The molecule has 0 spiro atoms. The van der Waals surface area contributed by atoms with Gasteiger partial charge < -0.3 is 10.1 Å². The molecule has 0 saturated carbocycles. The Morgan fingerprint density at radius 2 is 1.97 bits per heavy atom. The molecule has 1 aliphatic rings. The molecule has 1 N–H and O–H groups in total. The Hall–Kier alpha value is -2.59. The number of benzene rings is 1. The standard InChI is InChI=1S/C19H24N4O5S/c1-14-10-17(20-12-19(13-29(2,26)27)6-8-28-9-7-19)22-18(21-14)15-4-3-5-16(11-15)23(24)25/h3-5,10-11H,6-9,12-13H2,1-2H3,(H,20,21,22). The van der Waals surface area contributed by atoms with Gasteiger partial charge in [0.15, 0.2) is 5.82 Å². The van der Waals surface area contributed by atoms with Crippen LogP contribution >= 0.6 is 0 Å². The number of rotatable bonds is 7. The summed E-state index contributed by atoms with van der Waals surface area (Å²) in [5.74, 6) is 1.01. The summed E-state index contributed by atoms with van der Waals surface area (Å²) < 4.78 is 29.3. The van der Waals surface area contributed by atoms with Gasteiger partial charge in [0.2, 0.25) is 0 Å². The van der Waals surface area contributed by atoms with Crippen LogP contribution in [0.25, 0.3) is 11.4 Å². The number of anilines is 1. The third-order valence-electron chi connectivity index (χ3n) is 4.94. The second-order valence-electron chi connectivity index (χ2n) is 7.56. The predicted octanol–water partition coefficient (Wildman–Crippen LogP) is 2.61. The average molecular weight is 420 g/mol. The van der Waals surface area contributed by atoms with Crippen LogP contribution in [0.5, 0.6) is 0 Å². The molecule has 10 heteroatoms. The quantitative estimate of drug-likeness (QED) is 0.535. The maximum atomic E-state index is 11.9. The van der Waals surface area contributed by atoms with Crippen LogP contribution in [0.1, 0.15) is 18.5 Å². The molecule has 0 unspecified atom stereocenters. The van der Waals surface area contributed by atoms with Gasteiger partial charge in [0.1, 0.15) is 15.7 Å². The van der Waals surface area contributed by atoms with Crippen molar-refractivity contribution < 1.29 is 18.1 Å². The first-order valence-electron chi connectivity index (χ1n) is 9.26. The maximum absolute atomic E-state index is 11.9. The lowest BCUT2D eigenvalue weighted by Crippen LogP contribution is -2.41. The molecule has 1 saturated heterocycles. The molecule has 2 heterocycles. The first-order chi connectivity index (χ1) is 13.7. The fraction of sp³-hybridized carbons (Fsp3) is 0.474. The number of nitro benzene ring substituents is 1. The number of hydrogen-bond donors (Lipinski definition) is 1. The topological polar surface area (TPSA) is 124 Å². The van der Waals surface area contributed by atoms with E-state index in [1.54, 1.807) is 18.2 Å². The van der Waals surface area contributed by atoms with Crippen molar-refractivity contribution in [3.63, 3.8) is 0 Å². The molecule has 29 heavy (non-hydrogen) atoms. The lowest BCUT2D eigenvalue weighted by Gasteiger charge is -2.36. The number of hydrogen-bond acceptors (Lipinski definition) is 8. The molecule has 2 aromatic rings. The minimum Gasteiger partial charge on any atom is -0.381 e. The van der Waals surface area contributed by atoms with Crippen LogP contribution in [0, 0.1) is 22.5 Å². The van der Waals surface area contributed by atoms with Crippen LogP contribution in [0.15, 0.2) is 30.3 Å². The second kappa shape index (κ2) is 8.42. The van der Waals surface area contributed by atoms with Gasteiger partial charge in [-0.2, -0.15) is 0 Å². The van der Waals surface area contributed by atoms with Crippen LogP contribution in [-0.2, 0) is 14.6 Å². The van der Waals surface area contributed by atoms with Gasteiger partial charge in [-0.1, -0.05) is 12.1 Å². The molecule has 0 bridgehead atoms. The van der Waals surface area contributed by atoms with Crippen molar-refractivity contribution in [3.05, 3.63) is 46.1 Å². The summed E-state index contributed by atoms with van der Waals surface area (Å²) in [4.78, 5) is 19.5. The van der Waals surface area contributed by atoms with Crippen LogP contribution in [0.2, 0.25) is 0 Å². The van der Waals surface area contributed by atoms with Gasteiger partial charge in [0.25, 0.3) is 5.69 Å². The molecule has 9 nitrogen and oxygen atoms in total. The molecule has 1 aromatic carbocycles. The average Bonchev–Trinajstić information content (AvgIpc) is 2.65. The maximum Gasteiger partial charge on any atom is 0.270 e. The van der Waals surface area contributed by atoms with Gasteiger partial charge in [-0.15, -0.1) is 0 Å². The molecule has 0 amide bonds. The number of nitro groups is 1. The Kier molecular flexibility index (Phi) is 6.13. The van der Waals surface area contributed by atoms with E-state index in [9.17, 15) is 18.5 Å². The molecule has 0 atom stereocenters. The monoisotopic (exact) mass is 420 g/mol. The van der Waals surface area contributed by atoms with Crippen molar-refractivity contribution in [2.45, 2.75) is 19.8 Å². The highest BCUT2D eigenvalue weighted by molar-refractivity contribution is 7.90. The molecular weight excluding hydrogens is 396 g/mol. The Balaban J connectivity index is 1.84. The fourth-order valence-electron chi connectivity index (χ4n) is 3.56. The highest BCUT2D eigenvalue weighted by atomic mass is 32.2. The Bertz CT molecular complexity index is 1000. The largest absolute Gasteiger partial charge is 0.381 e. The summed E-state index contributed by atoms with van der Waals surface area (Å²) in [6.07, 6.45) is 2.54. The molecule has 1 aromatic heterocycles. The second-order valence-corrected chi connectivity index (χ2v) is 9.70. The molecule has 0 aliphatic carbocycles. The van der Waals surface area contributed by atoms with Crippen LogP contribution in [0.3, 0.4) is 0 Å². The van der Waals surface area contributed by atoms with Crippen molar-refractivity contribution >= 4 is 21.3 Å². The number of ether oxygens (including phenoxy) is 1. The first-order valence-corrected chi connectivity index (χ1v) is 11.3. The highest BCUT2D eigenvalue weighted by Gasteiger charge is 2.36. The zero-order valence-corrected chi connectivity index (χ0v) is 17.2. The van der Waals surface area contributed by atoms with Crippen molar-refractivity contribution in [3.8, 4) is 11.4 Å². The molecule has 1 fully saturated rings. The summed E-state index contributed by atoms with van der Waals surface area (Å²) in [6, 6.07) is 7.93. The number of aryl methyl sites for hydroxylation is 1. The van der Waals surface area contributed by atoms with Crippen molar-refractivity contribution in [2.24, 2.45) is 5.41 Å². The SMILES string of the molecule is Cc1cc(NCC2(CS(C)(=O)=O)CCOCC2)nc(-c2cccc([N+](=O)[O-])c2)n1. The van der Waals surface area contributed by atoms with E-state index >= 15 is 0 Å². The van der Waals surface area contributed by atoms with E-state index in [1.165, 1.54) is 18.4 Å². The zero-order chi connectivity index (χ0) is 21.1. The predicted molar refractivity (Wildman–Crippen MR) is 110 cm³/mol. The van der Waals surface area contributed by atoms with Crippen LogP contribution < -0.4 is 5.32 Å². The third-order valence-corrected chi connectivity index (χ3v) is 6.07. The number of non-ortho nitro benzene ring substituents is 1. The highest BCUT2D eigenvalue weighted by Crippen LogP contribution is 2.32. The number of sulfone groups is 1. The van der Waals surface area contributed by atoms with Gasteiger partial charge in [-0.3, -0.25) is 10.1 Å². The summed E-state index contributed by atoms with van der Waals surface area (Å²) in [5, 5.41) is 14.3. The number of nitrogens with zero attached hydrogens (tertiary/aromatic N) is 3. The summed E-state index contributed by atoms with van der Waals surface area (Å²) in [5.41, 5.74) is 0.795. The van der Waals surface area contributed by atoms with E-state index in [2.05, 4.69) is 15.3 Å². The van der Waals surface area contributed by atoms with E-state index in [-0.39, 0.29) is 11.4 Å². The third kappa shape index (κ3) is 5.70. The van der Waals surface area contributed by atoms with E-state index in [0.29, 0.717) is 55.5 Å². The smallest absolute Gasteiger partial charge is 0.270 e. The minimum atomic E-state index is -3.15. The fourth-order valence-corrected chi connectivity index (χ4v) is 5.06. The van der Waals surface area contributed by atoms with Gasteiger partial charge in [0.05, 0.1) is 10.7 Å². The van der Waals surface area contributed by atoms with Gasteiger partial charge >= 0.3 is 0 Å². The molecule has 3 rings (SSSR count). The summed E-state index contributed by atoms with van der Waals surface area (Å²) in [6.45, 7) is 3.31. The molecular formula is C19H24N4O5S. The van der Waals surface area contributed by atoms with E-state index < -0.39 is 20.2 Å². The Morgan fingerprint density at radius 1 is 1.24 bits per heavy atom. The van der Waals surface area contributed by atoms with Crippen molar-refractivity contribution in [1.82, 2.24) is 9.97 Å². The molecule has 0 radical (unpaired) electrons. The van der Waals surface area contributed by atoms with E-state index in [1.807, 2.05) is 6.92 Å². The Labute approximate surface area is 169 Å². The van der Waals surface area contributed by atoms with Crippen LogP contribution in [-0.4, -0.2) is 55.1 Å². The van der Waals surface area contributed by atoms with Gasteiger partial charge in [-0.25, -0.2) is 18.4 Å². The number of nitrogens with one attached hydrogen (secondary N) is 1. The first kappa shape index (κ1) is 21.1. The van der Waals surface area contributed by atoms with Crippen molar-refractivity contribution in [2.75, 3.05) is 37.1 Å². The molecule has 1 aliphatic heterocycles.